The number of carbonyl (C=O) groups is 2. The lowest BCUT2D eigenvalue weighted by Crippen LogP contribution is -2.28. The maximum absolute atomic E-state index is 11.9. The molecule has 2 atom stereocenters. The summed E-state index contributed by atoms with van der Waals surface area (Å²) in [7, 11) is 0. The molecule has 0 bridgehead atoms. The summed E-state index contributed by atoms with van der Waals surface area (Å²) >= 11 is 0. The summed E-state index contributed by atoms with van der Waals surface area (Å²) in [4.78, 5) is 22.9. The lowest BCUT2D eigenvalue weighted by molar-refractivity contribution is -0.120. The van der Waals surface area contributed by atoms with E-state index in [-0.39, 0.29) is 17.9 Å². The van der Waals surface area contributed by atoms with Crippen LogP contribution in [0, 0.1) is 5.92 Å². The van der Waals surface area contributed by atoms with E-state index < -0.39 is 5.97 Å². The van der Waals surface area contributed by atoms with Crippen molar-refractivity contribution in [3.05, 3.63) is 35.4 Å². The number of amides is 1. The Morgan fingerprint density at radius 3 is 2.79 bits per heavy atom. The van der Waals surface area contributed by atoms with Crippen LogP contribution < -0.4 is 5.32 Å². The highest BCUT2D eigenvalue weighted by Crippen LogP contribution is 2.34. The smallest absolute Gasteiger partial charge is 0.335 e. The lowest BCUT2D eigenvalue weighted by atomic mass is 10.0. The van der Waals surface area contributed by atoms with Crippen LogP contribution in [0.2, 0.25) is 0 Å². The molecule has 0 aromatic heterocycles. The second-order valence-corrected chi connectivity index (χ2v) is 5.10. The Morgan fingerprint density at radius 1 is 1.37 bits per heavy atom. The van der Waals surface area contributed by atoms with Crippen LogP contribution in [0.5, 0.6) is 0 Å². The van der Waals surface area contributed by atoms with Gasteiger partial charge in [0.2, 0.25) is 5.91 Å². The molecule has 0 saturated heterocycles. The van der Waals surface area contributed by atoms with E-state index in [1.807, 2.05) is 0 Å². The summed E-state index contributed by atoms with van der Waals surface area (Å²) in [5, 5.41) is 12.0. The molecular formula is C15H19NO3. The number of hydrogen-bond donors (Lipinski definition) is 2. The summed E-state index contributed by atoms with van der Waals surface area (Å²) in [6.07, 6.45) is 3.48. The first kappa shape index (κ1) is 13.6. The van der Waals surface area contributed by atoms with Gasteiger partial charge in [-0.15, -0.1) is 0 Å². The fourth-order valence-corrected chi connectivity index (χ4v) is 2.43. The Morgan fingerprint density at radius 2 is 2.11 bits per heavy atom. The molecule has 0 radical (unpaired) electrons. The van der Waals surface area contributed by atoms with Crippen LogP contribution in [-0.4, -0.2) is 23.0 Å². The molecule has 2 N–H and O–H groups in total. The minimum Gasteiger partial charge on any atom is -0.478 e. The Kier molecular flexibility index (Phi) is 4.20. The van der Waals surface area contributed by atoms with Crippen LogP contribution in [0.4, 0.5) is 0 Å². The second kappa shape index (κ2) is 5.87. The normalized spacial score (nSPS) is 20.9. The predicted molar refractivity (Wildman–Crippen MR) is 72.1 cm³/mol. The number of rotatable bonds is 6. The minimum absolute atomic E-state index is 0.0858. The van der Waals surface area contributed by atoms with E-state index in [2.05, 4.69) is 12.2 Å². The van der Waals surface area contributed by atoms with Gasteiger partial charge in [-0.1, -0.05) is 31.5 Å². The molecule has 0 heterocycles. The van der Waals surface area contributed by atoms with Crippen molar-refractivity contribution in [2.24, 2.45) is 5.92 Å². The Bertz CT molecular complexity index is 484. The van der Waals surface area contributed by atoms with Crippen molar-refractivity contribution in [2.45, 2.75) is 38.6 Å². The highest BCUT2D eigenvalue weighted by atomic mass is 16.4. The zero-order valence-electron chi connectivity index (χ0n) is 11.1. The zero-order valence-corrected chi connectivity index (χ0v) is 11.1. The SMILES string of the molecule is CCCC1CC1NC(=O)Cc1ccccc1C(=O)O. The van der Waals surface area contributed by atoms with E-state index in [1.165, 1.54) is 6.07 Å². The van der Waals surface area contributed by atoms with Gasteiger partial charge in [0.25, 0.3) is 0 Å². The standard InChI is InChI=1S/C15H19NO3/c1-2-5-11-8-13(11)16-14(17)9-10-6-3-4-7-12(10)15(18)19/h3-4,6-7,11,13H,2,5,8-9H2,1H3,(H,16,17)(H,18,19). The highest BCUT2D eigenvalue weighted by molar-refractivity contribution is 5.91. The topological polar surface area (TPSA) is 66.4 Å². The molecule has 1 aromatic rings. The number of benzene rings is 1. The summed E-state index contributed by atoms with van der Waals surface area (Å²) in [5.41, 5.74) is 0.777. The van der Waals surface area contributed by atoms with Gasteiger partial charge in [-0.25, -0.2) is 4.79 Å². The molecule has 2 rings (SSSR count). The third-order valence-electron chi connectivity index (χ3n) is 3.53. The summed E-state index contributed by atoms with van der Waals surface area (Å²) in [6, 6.07) is 6.95. The maximum atomic E-state index is 11.9. The molecule has 1 aliphatic carbocycles. The fourth-order valence-electron chi connectivity index (χ4n) is 2.43. The van der Waals surface area contributed by atoms with E-state index >= 15 is 0 Å². The number of aromatic carboxylic acids is 1. The molecule has 0 spiro atoms. The first-order valence-corrected chi connectivity index (χ1v) is 6.72. The molecule has 19 heavy (non-hydrogen) atoms. The number of hydrogen-bond acceptors (Lipinski definition) is 2. The molecule has 2 unspecified atom stereocenters. The molecule has 4 nitrogen and oxygen atoms in total. The van der Waals surface area contributed by atoms with Gasteiger partial charge in [-0.3, -0.25) is 4.79 Å². The molecule has 1 fully saturated rings. The molecule has 1 aromatic carbocycles. The first-order valence-electron chi connectivity index (χ1n) is 6.72. The summed E-state index contributed by atoms with van der Waals surface area (Å²) < 4.78 is 0. The molecular weight excluding hydrogens is 242 g/mol. The molecule has 1 saturated carbocycles. The lowest BCUT2D eigenvalue weighted by Gasteiger charge is -2.07. The predicted octanol–water partition coefficient (Wildman–Crippen LogP) is 2.23. The van der Waals surface area contributed by atoms with Crippen molar-refractivity contribution in [1.82, 2.24) is 5.32 Å². The average Bonchev–Trinajstić information content (AvgIpc) is 3.07. The molecule has 1 amide bonds. The number of carbonyl (C=O) groups excluding carboxylic acids is 1. The van der Waals surface area contributed by atoms with E-state index in [0.29, 0.717) is 17.5 Å². The molecule has 1 aliphatic rings. The van der Waals surface area contributed by atoms with Crippen molar-refractivity contribution in [1.29, 1.82) is 0 Å². The van der Waals surface area contributed by atoms with Crippen molar-refractivity contribution >= 4 is 11.9 Å². The van der Waals surface area contributed by atoms with Crippen LogP contribution in [-0.2, 0) is 11.2 Å². The van der Waals surface area contributed by atoms with Crippen LogP contribution in [0.1, 0.15) is 42.1 Å². The number of nitrogens with one attached hydrogen (secondary N) is 1. The maximum Gasteiger partial charge on any atom is 0.335 e. The Balaban J connectivity index is 1.91. The summed E-state index contributed by atoms with van der Waals surface area (Å²) in [5.74, 6) is -0.459. The Hall–Kier alpha value is -1.84. The third-order valence-corrected chi connectivity index (χ3v) is 3.53. The van der Waals surface area contributed by atoms with E-state index in [9.17, 15) is 9.59 Å². The second-order valence-electron chi connectivity index (χ2n) is 5.10. The molecule has 0 aliphatic heterocycles. The van der Waals surface area contributed by atoms with Crippen molar-refractivity contribution in [2.75, 3.05) is 0 Å². The van der Waals surface area contributed by atoms with Crippen LogP contribution in [0.15, 0.2) is 24.3 Å². The third kappa shape index (κ3) is 3.56. The van der Waals surface area contributed by atoms with Crippen LogP contribution >= 0.6 is 0 Å². The molecule has 102 valence electrons. The van der Waals surface area contributed by atoms with Crippen LogP contribution in [0.3, 0.4) is 0 Å². The zero-order chi connectivity index (χ0) is 13.8. The first-order chi connectivity index (χ1) is 9.11. The minimum atomic E-state index is -0.987. The quantitative estimate of drug-likeness (QED) is 0.825. The van der Waals surface area contributed by atoms with Gasteiger partial charge in [0.15, 0.2) is 0 Å². The van der Waals surface area contributed by atoms with E-state index in [4.69, 9.17) is 5.11 Å². The van der Waals surface area contributed by atoms with Gasteiger partial charge in [0.1, 0.15) is 0 Å². The number of carboxylic acid groups (broad SMARTS) is 1. The van der Waals surface area contributed by atoms with Crippen molar-refractivity contribution < 1.29 is 14.7 Å². The summed E-state index contributed by atoms with van der Waals surface area (Å²) in [6.45, 7) is 2.14. The van der Waals surface area contributed by atoms with Gasteiger partial charge >= 0.3 is 5.97 Å². The van der Waals surface area contributed by atoms with Gasteiger partial charge < -0.3 is 10.4 Å². The van der Waals surface area contributed by atoms with Gasteiger partial charge in [0, 0.05) is 6.04 Å². The Labute approximate surface area is 112 Å². The van der Waals surface area contributed by atoms with Crippen molar-refractivity contribution in [3.8, 4) is 0 Å². The largest absolute Gasteiger partial charge is 0.478 e. The van der Waals surface area contributed by atoms with E-state index in [0.717, 1.165) is 19.3 Å². The average molecular weight is 261 g/mol. The fraction of sp³-hybridized carbons (Fsp3) is 0.467. The molecule has 4 heteroatoms. The van der Waals surface area contributed by atoms with E-state index in [1.54, 1.807) is 18.2 Å². The van der Waals surface area contributed by atoms with Crippen molar-refractivity contribution in [3.63, 3.8) is 0 Å². The van der Waals surface area contributed by atoms with Gasteiger partial charge in [-0.05, 0) is 30.4 Å². The number of carboxylic acids is 1. The van der Waals surface area contributed by atoms with Crippen LogP contribution in [0.25, 0.3) is 0 Å². The van der Waals surface area contributed by atoms with Gasteiger partial charge in [-0.2, -0.15) is 0 Å². The monoisotopic (exact) mass is 261 g/mol. The highest BCUT2D eigenvalue weighted by Gasteiger charge is 2.37. The van der Waals surface area contributed by atoms with Gasteiger partial charge in [0.05, 0.1) is 12.0 Å².